The molecule has 1 aliphatic heterocycles. The number of carbonyl (C=O) groups excluding carboxylic acids is 3. The monoisotopic (exact) mass is 298 g/mol. The summed E-state index contributed by atoms with van der Waals surface area (Å²) in [5.41, 5.74) is 0.420. The van der Waals surface area contributed by atoms with Gasteiger partial charge in [-0.2, -0.15) is 0 Å². The second kappa shape index (κ2) is 6.49. The van der Waals surface area contributed by atoms with Gasteiger partial charge in [0.15, 0.2) is 6.04 Å². The summed E-state index contributed by atoms with van der Waals surface area (Å²) in [4.78, 5) is 35.3. The SMILES string of the molecule is COC(=O)c1sccc1NC(=O)C[C@@H]1[NH2+]CCNC1=O. The fourth-order valence-corrected chi connectivity index (χ4v) is 2.72. The average molecular weight is 298 g/mol. The minimum atomic E-state index is -0.489. The minimum Gasteiger partial charge on any atom is -0.465 e. The first-order valence-electron chi connectivity index (χ1n) is 6.18. The third-order valence-electron chi connectivity index (χ3n) is 2.95. The van der Waals surface area contributed by atoms with Gasteiger partial charge in [0.2, 0.25) is 5.91 Å². The second-order valence-corrected chi connectivity index (χ2v) is 5.25. The van der Waals surface area contributed by atoms with Crippen LogP contribution in [0.5, 0.6) is 0 Å². The van der Waals surface area contributed by atoms with Crippen LogP contribution in [0.15, 0.2) is 11.4 Å². The Labute approximate surface area is 119 Å². The van der Waals surface area contributed by atoms with Crippen LogP contribution in [0.1, 0.15) is 16.1 Å². The van der Waals surface area contributed by atoms with Crippen molar-refractivity contribution in [1.29, 1.82) is 0 Å². The number of carbonyl (C=O) groups is 3. The van der Waals surface area contributed by atoms with Crippen molar-refractivity contribution in [2.24, 2.45) is 0 Å². The molecule has 0 unspecified atom stereocenters. The number of esters is 1. The van der Waals surface area contributed by atoms with Crippen molar-refractivity contribution in [1.82, 2.24) is 5.32 Å². The first-order chi connectivity index (χ1) is 9.61. The maximum absolute atomic E-state index is 11.9. The number of rotatable bonds is 4. The van der Waals surface area contributed by atoms with Crippen molar-refractivity contribution in [3.05, 3.63) is 16.3 Å². The Kier molecular flexibility index (Phi) is 4.70. The number of nitrogens with one attached hydrogen (secondary N) is 2. The Balaban J connectivity index is 1.96. The van der Waals surface area contributed by atoms with Crippen LogP contribution in [0.4, 0.5) is 5.69 Å². The quantitative estimate of drug-likeness (QED) is 0.616. The van der Waals surface area contributed by atoms with Crippen LogP contribution in [0.2, 0.25) is 0 Å². The number of anilines is 1. The van der Waals surface area contributed by atoms with Gasteiger partial charge in [-0.1, -0.05) is 0 Å². The zero-order valence-electron chi connectivity index (χ0n) is 11.0. The summed E-state index contributed by atoms with van der Waals surface area (Å²) in [5, 5.41) is 8.89. The number of methoxy groups -OCH3 is 1. The van der Waals surface area contributed by atoms with E-state index in [1.807, 2.05) is 5.32 Å². The lowest BCUT2D eigenvalue weighted by atomic mass is 10.1. The smallest absolute Gasteiger partial charge is 0.350 e. The van der Waals surface area contributed by atoms with Crippen LogP contribution in [0.3, 0.4) is 0 Å². The highest BCUT2D eigenvalue weighted by Gasteiger charge is 2.28. The standard InChI is InChI=1S/C12H15N3O4S/c1-19-12(18)10-7(2-5-20-10)15-9(16)6-8-11(17)14-4-3-13-8/h2,5,8,13H,3-4,6H2,1H3,(H,14,17)(H,15,16)/p+1/t8-/m0/s1. The van der Waals surface area contributed by atoms with E-state index in [0.29, 0.717) is 17.1 Å². The second-order valence-electron chi connectivity index (χ2n) is 4.33. The summed E-state index contributed by atoms with van der Waals surface area (Å²) in [6.07, 6.45) is 0.0717. The van der Waals surface area contributed by atoms with E-state index in [-0.39, 0.29) is 18.2 Å². The predicted octanol–water partition coefficient (Wildman–Crippen LogP) is -1.07. The van der Waals surface area contributed by atoms with Crippen LogP contribution in [0.25, 0.3) is 0 Å². The van der Waals surface area contributed by atoms with E-state index in [9.17, 15) is 14.4 Å². The number of thiophene rings is 1. The highest BCUT2D eigenvalue weighted by molar-refractivity contribution is 7.12. The third kappa shape index (κ3) is 3.34. The predicted molar refractivity (Wildman–Crippen MR) is 72.5 cm³/mol. The molecule has 1 aliphatic rings. The highest BCUT2D eigenvalue weighted by atomic mass is 32.1. The summed E-state index contributed by atoms with van der Waals surface area (Å²) in [7, 11) is 1.29. The van der Waals surface area contributed by atoms with Crippen molar-refractivity contribution < 1.29 is 24.4 Å². The Morgan fingerprint density at radius 3 is 3.10 bits per heavy atom. The van der Waals surface area contributed by atoms with Crippen LogP contribution in [-0.2, 0) is 14.3 Å². The van der Waals surface area contributed by atoms with Crippen LogP contribution >= 0.6 is 11.3 Å². The molecular formula is C12H16N3O4S+. The van der Waals surface area contributed by atoms with Gasteiger partial charge in [0.1, 0.15) is 4.88 Å². The summed E-state index contributed by atoms with van der Waals surface area (Å²) in [6, 6.07) is 1.23. The molecule has 7 nitrogen and oxygen atoms in total. The van der Waals surface area contributed by atoms with Crippen LogP contribution < -0.4 is 16.0 Å². The van der Waals surface area contributed by atoms with E-state index in [1.165, 1.54) is 18.4 Å². The van der Waals surface area contributed by atoms with Gasteiger partial charge < -0.3 is 20.7 Å². The molecule has 1 fully saturated rings. The first kappa shape index (κ1) is 14.5. The summed E-state index contributed by atoms with van der Waals surface area (Å²) in [5.74, 6) is -0.922. The molecule has 2 heterocycles. The molecule has 8 heteroatoms. The van der Waals surface area contributed by atoms with Crippen LogP contribution in [-0.4, -0.2) is 44.0 Å². The lowest BCUT2D eigenvalue weighted by molar-refractivity contribution is -0.678. The zero-order valence-corrected chi connectivity index (χ0v) is 11.8. The van der Waals surface area contributed by atoms with E-state index in [0.717, 1.165) is 6.54 Å². The molecule has 0 radical (unpaired) electrons. The molecule has 1 saturated heterocycles. The number of quaternary nitrogens is 1. The van der Waals surface area contributed by atoms with E-state index in [2.05, 4.69) is 15.4 Å². The molecule has 108 valence electrons. The molecule has 20 heavy (non-hydrogen) atoms. The lowest BCUT2D eigenvalue weighted by Crippen LogP contribution is -2.96. The molecule has 2 rings (SSSR count). The van der Waals surface area contributed by atoms with Gasteiger partial charge >= 0.3 is 5.97 Å². The Morgan fingerprint density at radius 2 is 2.40 bits per heavy atom. The molecule has 1 aromatic rings. The Morgan fingerprint density at radius 1 is 1.60 bits per heavy atom. The van der Waals surface area contributed by atoms with Gasteiger partial charge in [0, 0.05) is 0 Å². The number of hydrogen-bond donors (Lipinski definition) is 3. The fraction of sp³-hybridized carbons (Fsp3) is 0.417. The summed E-state index contributed by atoms with van der Waals surface area (Å²) in [6.45, 7) is 1.38. The van der Waals surface area contributed by atoms with Gasteiger partial charge in [-0.25, -0.2) is 4.79 Å². The lowest BCUT2D eigenvalue weighted by Gasteiger charge is -2.19. The topological polar surface area (TPSA) is 101 Å². The number of hydrogen-bond acceptors (Lipinski definition) is 5. The van der Waals surface area contributed by atoms with Gasteiger partial charge in [-0.15, -0.1) is 11.3 Å². The normalized spacial score (nSPS) is 18.2. The molecule has 1 aromatic heterocycles. The fourth-order valence-electron chi connectivity index (χ4n) is 1.95. The van der Waals surface area contributed by atoms with Crippen molar-refractivity contribution in [2.75, 3.05) is 25.5 Å². The minimum absolute atomic E-state index is 0.0717. The third-order valence-corrected chi connectivity index (χ3v) is 3.84. The zero-order chi connectivity index (χ0) is 14.5. The Hall–Kier alpha value is -1.93. The molecule has 0 spiro atoms. The Bertz CT molecular complexity index is 529. The molecular weight excluding hydrogens is 282 g/mol. The van der Waals surface area contributed by atoms with Crippen LogP contribution in [0, 0.1) is 0 Å². The molecule has 2 amide bonds. The molecule has 1 atom stereocenters. The largest absolute Gasteiger partial charge is 0.465 e. The van der Waals surface area contributed by atoms with E-state index >= 15 is 0 Å². The highest BCUT2D eigenvalue weighted by Crippen LogP contribution is 2.23. The number of amides is 2. The maximum Gasteiger partial charge on any atom is 0.350 e. The summed E-state index contributed by atoms with van der Waals surface area (Å²) >= 11 is 1.19. The number of piperazine rings is 1. The van der Waals surface area contributed by atoms with Gasteiger partial charge in [-0.3, -0.25) is 9.59 Å². The van der Waals surface area contributed by atoms with Crippen molar-refractivity contribution in [3.63, 3.8) is 0 Å². The average Bonchev–Trinajstić information content (AvgIpc) is 2.88. The van der Waals surface area contributed by atoms with Gasteiger partial charge in [0.25, 0.3) is 5.91 Å². The maximum atomic E-state index is 11.9. The molecule has 4 N–H and O–H groups in total. The number of nitrogens with two attached hydrogens (primary N) is 1. The van der Waals surface area contributed by atoms with E-state index in [4.69, 9.17) is 0 Å². The number of ether oxygens (including phenoxy) is 1. The molecule has 0 saturated carbocycles. The van der Waals surface area contributed by atoms with Crippen molar-refractivity contribution in [3.8, 4) is 0 Å². The summed E-state index contributed by atoms with van der Waals surface area (Å²) < 4.78 is 4.63. The van der Waals surface area contributed by atoms with Gasteiger partial charge in [-0.05, 0) is 11.4 Å². The molecule has 0 bridgehead atoms. The van der Waals surface area contributed by atoms with E-state index in [1.54, 1.807) is 11.4 Å². The first-order valence-corrected chi connectivity index (χ1v) is 7.06. The van der Waals surface area contributed by atoms with E-state index < -0.39 is 12.0 Å². The molecule has 0 aromatic carbocycles. The van der Waals surface area contributed by atoms with Crippen molar-refractivity contribution in [2.45, 2.75) is 12.5 Å². The van der Waals surface area contributed by atoms with Crippen molar-refractivity contribution >= 4 is 34.8 Å². The molecule has 0 aliphatic carbocycles. The van der Waals surface area contributed by atoms with Gasteiger partial charge in [0.05, 0.1) is 32.3 Å².